The van der Waals surface area contributed by atoms with Crippen LogP contribution >= 0.6 is 23.4 Å². The largest absolute Gasteiger partial charge is 0.322 e. The molecule has 9 heteroatoms. The topological polar surface area (TPSA) is 92.6 Å². The van der Waals surface area contributed by atoms with Gasteiger partial charge in [0.25, 0.3) is 11.6 Å². The Hall–Kier alpha value is -3.36. The van der Waals surface area contributed by atoms with E-state index in [9.17, 15) is 19.7 Å². The van der Waals surface area contributed by atoms with Gasteiger partial charge in [0.2, 0.25) is 5.91 Å². The van der Waals surface area contributed by atoms with Gasteiger partial charge in [-0.05, 0) is 48.9 Å². The number of nitrogens with zero attached hydrogens (tertiary/aromatic N) is 2. The van der Waals surface area contributed by atoms with Crippen LogP contribution in [0.5, 0.6) is 0 Å². The lowest BCUT2D eigenvalue weighted by Crippen LogP contribution is -2.27. The van der Waals surface area contributed by atoms with Gasteiger partial charge in [-0.3, -0.25) is 24.6 Å². The highest BCUT2D eigenvalue weighted by atomic mass is 35.5. The highest BCUT2D eigenvalue weighted by Crippen LogP contribution is 2.42. The van der Waals surface area contributed by atoms with Gasteiger partial charge in [-0.2, -0.15) is 0 Å². The molecule has 2 amide bonds. The Balaban J connectivity index is 1.51. The van der Waals surface area contributed by atoms with Crippen LogP contribution in [0.25, 0.3) is 0 Å². The molecule has 0 radical (unpaired) electrons. The standard InChI is InChI=1S/C23H18ClN3O4S/c1-14-2-9-18(10-3-14)26-21(28)13-32-23(26)15-4-7-17(8-5-15)25-22(29)16-6-11-19(24)20(12-16)27(30)31/h2-12,23H,13H2,1H3,(H,25,29)/t23-/m1/s1. The number of hydrogen-bond acceptors (Lipinski definition) is 5. The van der Waals surface area contributed by atoms with E-state index >= 15 is 0 Å². The maximum atomic E-state index is 12.5. The highest BCUT2D eigenvalue weighted by molar-refractivity contribution is 8.00. The van der Waals surface area contributed by atoms with Crippen molar-refractivity contribution in [1.29, 1.82) is 0 Å². The smallest absolute Gasteiger partial charge is 0.288 e. The van der Waals surface area contributed by atoms with Crippen molar-refractivity contribution in [3.8, 4) is 0 Å². The highest BCUT2D eigenvalue weighted by Gasteiger charge is 2.34. The quantitative estimate of drug-likeness (QED) is 0.390. The third-order valence-electron chi connectivity index (χ3n) is 5.04. The summed E-state index contributed by atoms with van der Waals surface area (Å²) in [5, 5.41) is 13.6. The summed E-state index contributed by atoms with van der Waals surface area (Å²) in [6.45, 7) is 2.00. The van der Waals surface area contributed by atoms with Gasteiger partial charge in [-0.15, -0.1) is 11.8 Å². The van der Waals surface area contributed by atoms with Crippen LogP contribution in [-0.2, 0) is 4.79 Å². The zero-order valence-electron chi connectivity index (χ0n) is 16.9. The third-order valence-corrected chi connectivity index (χ3v) is 6.57. The van der Waals surface area contributed by atoms with Crippen molar-refractivity contribution in [1.82, 2.24) is 0 Å². The molecule has 1 atom stereocenters. The van der Waals surface area contributed by atoms with E-state index in [1.165, 1.54) is 12.1 Å². The van der Waals surface area contributed by atoms with Gasteiger partial charge >= 0.3 is 0 Å². The number of benzene rings is 3. The number of nitro groups is 1. The fourth-order valence-electron chi connectivity index (χ4n) is 3.38. The Kier molecular flexibility index (Phi) is 6.16. The van der Waals surface area contributed by atoms with E-state index in [1.807, 2.05) is 43.3 Å². The SMILES string of the molecule is Cc1ccc(N2C(=O)CS[C@@H]2c2ccc(NC(=O)c3ccc(Cl)c([N+](=O)[O-])c3)cc2)cc1. The minimum atomic E-state index is -0.631. The van der Waals surface area contributed by atoms with E-state index in [2.05, 4.69) is 5.32 Å². The van der Waals surface area contributed by atoms with E-state index < -0.39 is 10.8 Å². The Labute approximate surface area is 193 Å². The molecule has 1 aliphatic heterocycles. The van der Waals surface area contributed by atoms with Crippen LogP contribution in [0.2, 0.25) is 5.02 Å². The first-order chi connectivity index (χ1) is 15.3. The average Bonchev–Trinajstić information content (AvgIpc) is 3.16. The van der Waals surface area contributed by atoms with Crippen molar-refractivity contribution < 1.29 is 14.5 Å². The van der Waals surface area contributed by atoms with Gasteiger partial charge in [-0.25, -0.2) is 0 Å². The molecule has 4 rings (SSSR count). The predicted molar refractivity (Wildman–Crippen MR) is 126 cm³/mol. The number of hydrogen-bond donors (Lipinski definition) is 1. The summed E-state index contributed by atoms with van der Waals surface area (Å²) in [5.74, 6) is -0.0402. The van der Waals surface area contributed by atoms with Crippen molar-refractivity contribution in [2.24, 2.45) is 0 Å². The normalized spacial score (nSPS) is 15.6. The number of amides is 2. The Bertz CT molecular complexity index is 1200. The van der Waals surface area contributed by atoms with E-state index in [0.29, 0.717) is 11.4 Å². The number of carbonyl (C=O) groups is 2. The summed E-state index contributed by atoms with van der Waals surface area (Å²) in [4.78, 5) is 37.2. The number of rotatable bonds is 5. The molecular formula is C23H18ClN3O4S. The van der Waals surface area contributed by atoms with E-state index in [0.717, 1.165) is 22.9 Å². The van der Waals surface area contributed by atoms with Crippen LogP contribution in [0.4, 0.5) is 17.1 Å². The lowest BCUT2D eigenvalue weighted by molar-refractivity contribution is -0.384. The summed E-state index contributed by atoms with van der Waals surface area (Å²) >= 11 is 7.35. The zero-order chi connectivity index (χ0) is 22.8. The molecule has 7 nitrogen and oxygen atoms in total. The first-order valence-electron chi connectivity index (χ1n) is 9.69. The molecular weight excluding hydrogens is 450 g/mol. The molecule has 3 aromatic carbocycles. The van der Waals surface area contributed by atoms with Crippen LogP contribution in [0.3, 0.4) is 0 Å². The predicted octanol–water partition coefficient (Wildman–Crippen LogP) is 5.59. The number of nitrogens with one attached hydrogen (secondary N) is 1. The molecule has 1 aliphatic rings. The molecule has 1 saturated heterocycles. The van der Waals surface area contributed by atoms with Crippen molar-refractivity contribution in [3.63, 3.8) is 0 Å². The van der Waals surface area contributed by atoms with Crippen molar-refractivity contribution in [2.75, 3.05) is 16.0 Å². The fraction of sp³-hybridized carbons (Fsp3) is 0.130. The molecule has 0 aliphatic carbocycles. The fourth-order valence-corrected chi connectivity index (χ4v) is 4.75. The molecule has 0 aromatic heterocycles. The van der Waals surface area contributed by atoms with Crippen LogP contribution in [0, 0.1) is 17.0 Å². The van der Waals surface area contributed by atoms with Gasteiger partial charge in [0.05, 0.1) is 10.7 Å². The maximum absolute atomic E-state index is 12.5. The molecule has 1 N–H and O–H groups in total. The Morgan fingerprint density at radius 1 is 1.12 bits per heavy atom. The van der Waals surface area contributed by atoms with Crippen LogP contribution in [0.1, 0.15) is 26.9 Å². The summed E-state index contributed by atoms with van der Waals surface area (Å²) < 4.78 is 0. The third kappa shape index (κ3) is 4.46. The molecule has 0 spiro atoms. The first-order valence-corrected chi connectivity index (χ1v) is 11.1. The summed E-state index contributed by atoms with van der Waals surface area (Å²) in [6.07, 6.45) is 0. The van der Waals surface area contributed by atoms with Gasteiger partial charge in [0.15, 0.2) is 0 Å². The van der Waals surface area contributed by atoms with E-state index in [-0.39, 0.29) is 27.6 Å². The molecule has 162 valence electrons. The Morgan fingerprint density at radius 2 is 1.81 bits per heavy atom. The van der Waals surface area contributed by atoms with Gasteiger partial charge in [-0.1, -0.05) is 41.4 Å². The average molecular weight is 468 g/mol. The summed E-state index contributed by atoms with van der Waals surface area (Å²) in [7, 11) is 0. The zero-order valence-corrected chi connectivity index (χ0v) is 18.5. The number of halogens is 1. The molecule has 1 fully saturated rings. The number of carbonyl (C=O) groups excluding carboxylic acids is 2. The summed E-state index contributed by atoms with van der Waals surface area (Å²) in [5.41, 5.74) is 3.24. The lowest BCUT2D eigenvalue weighted by atomic mass is 10.1. The van der Waals surface area contributed by atoms with Crippen LogP contribution < -0.4 is 10.2 Å². The van der Waals surface area contributed by atoms with Gasteiger partial charge < -0.3 is 5.32 Å². The van der Waals surface area contributed by atoms with Crippen molar-refractivity contribution in [2.45, 2.75) is 12.3 Å². The number of nitro benzene ring substituents is 1. The first kappa shape index (κ1) is 21.9. The second-order valence-electron chi connectivity index (χ2n) is 7.26. The molecule has 0 bridgehead atoms. The lowest BCUT2D eigenvalue weighted by Gasteiger charge is -2.24. The van der Waals surface area contributed by atoms with Crippen LogP contribution in [-0.4, -0.2) is 22.5 Å². The molecule has 1 heterocycles. The molecule has 0 saturated carbocycles. The second-order valence-corrected chi connectivity index (χ2v) is 8.74. The summed E-state index contributed by atoms with van der Waals surface area (Å²) in [6, 6.07) is 18.9. The number of thioether (sulfide) groups is 1. The monoisotopic (exact) mass is 467 g/mol. The number of aryl methyl sites for hydroxylation is 1. The van der Waals surface area contributed by atoms with Crippen molar-refractivity contribution >= 4 is 52.2 Å². The van der Waals surface area contributed by atoms with Crippen molar-refractivity contribution in [3.05, 3.63) is 98.6 Å². The van der Waals surface area contributed by atoms with Gasteiger partial charge in [0.1, 0.15) is 10.4 Å². The second kappa shape index (κ2) is 9.02. The molecule has 32 heavy (non-hydrogen) atoms. The maximum Gasteiger partial charge on any atom is 0.288 e. The molecule has 0 unspecified atom stereocenters. The number of anilines is 2. The van der Waals surface area contributed by atoms with Gasteiger partial charge in [0, 0.05) is 23.0 Å². The van der Waals surface area contributed by atoms with E-state index in [4.69, 9.17) is 11.6 Å². The minimum absolute atomic E-state index is 0.0300. The minimum Gasteiger partial charge on any atom is -0.322 e. The molecule has 3 aromatic rings. The van der Waals surface area contributed by atoms with Crippen LogP contribution in [0.15, 0.2) is 66.7 Å². The van der Waals surface area contributed by atoms with E-state index in [1.54, 1.807) is 28.8 Å². The Morgan fingerprint density at radius 3 is 2.47 bits per heavy atom.